The number of nitrogens with zero attached hydrogens (tertiary/aromatic N) is 4. The second kappa shape index (κ2) is 8.42. The molecule has 30 heavy (non-hydrogen) atoms. The molecule has 2 N–H and O–H groups in total. The van der Waals surface area contributed by atoms with E-state index in [-0.39, 0.29) is 12.4 Å². The average Bonchev–Trinajstić information content (AvgIpc) is 3.19. The third kappa shape index (κ3) is 4.06. The first-order chi connectivity index (χ1) is 14.6. The number of rotatable bonds is 7. The number of aryl methyl sites for hydroxylation is 1. The number of phenols is 1. The summed E-state index contributed by atoms with van der Waals surface area (Å²) in [7, 11) is 3.46. The number of ether oxygens (including phenoxy) is 1. The molecular weight excluding hydrogens is 380 g/mol. The lowest BCUT2D eigenvalue weighted by molar-refractivity contribution is 0.291. The van der Waals surface area contributed by atoms with Gasteiger partial charge in [-0.05, 0) is 30.7 Å². The maximum absolute atomic E-state index is 10.1. The molecule has 0 saturated carbocycles. The number of aliphatic hydroxyl groups is 1. The van der Waals surface area contributed by atoms with Crippen LogP contribution < -0.4 is 9.64 Å². The topological polar surface area (TPSA) is 83.6 Å². The standard InChI is InChI=1S/C23H24N4O3/c1-26-15-18(14-25-26)17-8-16-9-19(4-5-23(16)24-13-17)27(6-3-7-28)20-10-21(29)12-22(11-20)30-2/h4-5,8-15,28-29H,3,6-7H2,1-2H3. The summed E-state index contributed by atoms with van der Waals surface area (Å²) in [5, 5.41) is 24.7. The number of fused-ring (bicyclic) bond motifs is 1. The van der Waals surface area contributed by atoms with E-state index in [0.29, 0.717) is 18.7 Å². The number of methoxy groups -OCH3 is 1. The van der Waals surface area contributed by atoms with Gasteiger partial charge in [-0.3, -0.25) is 9.67 Å². The van der Waals surface area contributed by atoms with E-state index in [0.717, 1.165) is 33.4 Å². The van der Waals surface area contributed by atoms with Crippen LogP contribution in [0.5, 0.6) is 11.5 Å². The number of aromatic hydroxyl groups is 1. The number of benzene rings is 2. The zero-order valence-electron chi connectivity index (χ0n) is 17.0. The molecule has 4 rings (SSSR count). The van der Waals surface area contributed by atoms with E-state index in [1.165, 1.54) is 0 Å². The summed E-state index contributed by atoms with van der Waals surface area (Å²) in [5.41, 5.74) is 4.62. The Morgan fingerprint density at radius 2 is 1.90 bits per heavy atom. The summed E-state index contributed by atoms with van der Waals surface area (Å²) in [4.78, 5) is 6.64. The largest absolute Gasteiger partial charge is 0.508 e. The molecular formula is C23H24N4O3. The van der Waals surface area contributed by atoms with Crippen molar-refractivity contribution in [3.8, 4) is 22.6 Å². The molecule has 2 aromatic carbocycles. The van der Waals surface area contributed by atoms with Crippen molar-refractivity contribution < 1.29 is 14.9 Å². The van der Waals surface area contributed by atoms with Gasteiger partial charge in [-0.25, -0.2) is 0 Å². The molecule has 2 aromatic heterocycles. The number of aromatic nitrogens is 3. The zero-order chi connectivity index (χ0) is 21.1. The first-order valence-corrected chi connectivity index (χ1v) is 9.72. The quantitative estimate of drug-likeness (QED) is 0.487. The van der Waals surface area contributed by atoms with Crippen molar-refractivity contribution in [2.75, 3.05) is 25.2 Å². The zero-order valence-corrected chi connectivity index (χ0v) is 17.0. The summed E-state index contributed by atoms with van der Waals surface area (Å²) < 4.78 is 7.07. The van der Waals surface area contributed by atoms with Gasteiger partial charge in [0.25, 0.3) is 0 Å². The Morgan fingerprint density at radius 1 is 1.03 bits per heavy atom. The minimum Gasteiger partial charge on any atom is -0.508 e. The van der Waals surface area contributed by atoms with Crippen LogP contribution in [0.15, 0.2) is 61.1 Å². The number of pyridine rings is 1. The van der Waals surface area contributed by atoms with Gasteiger partial charge >= 0.3 is 0 Å². The maximum Gasteiger partial charge on any atom is 0.124 e. The highest BCUT2D eigenvalue weighted by Gasteiger charge is 2.13. The Bertz CT molecular complexity index is 1170. The van der Waals surface area contributed by atoms with Gasteiger partial charge in [0.15, 0.2) is 0 Å². The normalized spacial score (nSPS) is 11.0. The van der Waals surface area contributed by atoms with Crippen LogP contribution in [0.1, 0.15) is 6.42 Å². The van der Waals surface area contributed by atoms with Gasteiger partial charge in [0.1, 0.15) is 11.5 Å². The second-order valence-electron chi connectivity index (χ2n) is 7.12. The molecule has 0 saturated heterocycles. The number of hydrogen-bond acceptors (Lipinski definition) is 6. The molecule has 7 heteroatoms. The fraction of sp³-hybridized carbons (Fsp3) is 0.217. The van der Waals surface area contributed by atoms with Crippen LogP contribution in [-0.4, -0.2) is 45.2 Å². The predicted octanol–water partition coefficient (Wildman–Crippen LogP) is 3.87. The molecule has 0 radical (unpaired) electrons. The molecule has 4 aromatic rings. The Kier molecular flexibility index (Phi) is 5.54. The van der Waals surface area contributed by atoms with Gasteiger partial charge in [-0.2, -0.15) is 5.10 Å². The molecule has 0 amide bonds. The van der Waals surface area contributed by atoms with Crippen LogP contribution in [0.2, 0.25) is 0 Å². The Morgan fingerprint density at radius 3 is 2.63 bits per heavy atom. The molecule has 0 bridgehead atoms. The molecule has 0 unspecified atom stereocenters. The van der Waals surface area contributed by atoms with Crippen molar-refractivity contribution in [2.45, 2.75) is 6.42 Å². The number of anilines is 2. The lowest BCUT2D eigenvalue weighted by atomic mass is 10.1. The SMILES string of the molecule is COc1cc(O)cc(N(CCCO)c2ccc3ncc(-c4cnn(C)c4)cc3c2)c1. The molecule has 2 heterocycles. The van der Waals surface area contributed by atoms with Crippen LogP contribution in [0.4, 0.5) is 11.4 Å². The second-order valence-corrected chi connectivity index (χ2v) is 7.12. The summed E-state index contributed by atoms with van der Waals surface area (Å²) >= 11 is 0. The minimum atomic E-state index is 0.0761. The average molecular weight is 404 g/mol. The highest BCUT2D eigenvalue weighted by Crippen LogP contribution is 2.34. The van der Waals surface area contributed by atoms with E-state index in [1.54, 1.807) is 23.9 Å². The van der Waals surface area contributed by atoms with Gasteiger partial charge in [0.2, 0.25) is 0 Å². The fourth-order valence-electron chi connectivity index (χ4n) is 3.49. The van der Waals surface area contributed by atoms with Gasteiger partial charge in [-0.15, -0.1) is 0 Å². The minimum absolute atomic E-state index is 0.0761. The monoisotopic (exact) mass is 404 g/mol. The highest BCUT2D eigenvalue weighted by molar-refractivity contribution is 5.87. The van der Waals surface area contributed by atoms with Crippen LogP contribution in [0, 0.1) is 0 Å². The molecule has 0 aliphatic carbocycles. The van der Waals surface area contributed by atoms with Crippen LogP contribution in [-0.2, 0) is 7.05 Å². The first-order valence-electron chi connectivity index (χ1n) is 9.72. The Labute approximate surface area is 174 Å². The first kappa shape index (κ1) is 19.7. The molecule has 0 atom stereocenters. The van der Waals surface area contributed by atoms with Crippen LogP contribution >= 0.6 is 0 Å². The molecule has 0 spiro atoms. The molecule has 0 fully saturated rings. The predicted molar refractivity (Wildman–Crippen MR) is 117 cm³/mol. The van der Waals surface area contributed by atoms with Crippen molar-refractivity contribution >= 4 is 22.3 Å². The van der Waals surface area contributed by atoms with Gasteiger partial charge in [0, 0.05) is 78.7 Å². The van der Waals surface area contributed by atoms with Crippen molar-refractivity contribution in [1.82, 2.24) is 14.8 Å². The fourth-order valence-corrected chi connectivity index (χ4v) is 3.49. The maximum atomic E-state index is 10.1. The molecule has 0 aliphatic heterocycles. The van der Waals surface area contributed by atoms with Crippen molar-refractivity contribution in [3.05, 3.63) is 61.1 Å². The van der Waals surface area contributed by atoms with Crippen LogP contribution in [0.25, 0.3) is 22.0 Å². The van der Waals surface area contributed by atoms with E-state index in [4.69, 9.17) is 4.74 Å². The Hall–Kier alpha value is -3.58. The number of phenolic OH excluding ortho intramolecular Hbond substituents is 1. The molecule has 154 valence electrons. The summed E-state index contributed by atoms with van der Waals surface area (Å²) in [6.45, 7) is 0.664. The Balaban J connectivity index is 1.78. The lowest BCUT2D eigenvalue weighted by Gasteiger charge is -2.26. The van der Waals surface area contributed by atoms with E-state index < -0.39 is 0 Å². The molecule has 0 aliphatic rings. The van der Waals surface area contributed by atoms with Crippen molar-refractivity contribution in [2.24, 2.45) is 7.05 Å². The van der Waals surface area contributed by atoms with Crippen LogP contribution in [0.3, 0.4) is 0 Å². The molecule has 7 nitrogen and oxygen atoms in total. The van der Waals surface area contributed by atoms with Gasteiger partial charge in [0.05, 0.1) is 18.8 Å². The summed E-state index contributed by atoms with van der Waals surface area (Å²) in [6, 6.07) is 13.3. The van der Waals surface area contributed by atoms with E-state index in [2.05, 4.69) is 27.1 Å². The summed E-state index contributed by atoms with van der Waals surface area (Å²) in [5.74, 6) is 0.694. The lowest BCUT2D eigenvalue weighted by Crippen LogP contribution is -2.19. The van der Waals surface area contributed by atoms with E-state index in [1.807, 2.05) is 43.8 Å². The van der Waals surface area contributed by atoms with E-state index >= 15 is 0 Å². The summed E-state index contributed by atoms with van der Waals surface area (Å²) in [6.07, 6.45) is 6.21. The number of aliphatic hydroxyl groups excluding tert-OH is 1. The highest BCUT2D eigenvalue weighted by atomic mass is 16.5. The van der Waals surface area contributed by atoms with Gasteiger partial charge in [-0.1, -0.05) is 0 Å². The third-order valence-electron chi connectivity index (χ3n) is 4.98. The smallest absolute Gasteiger partial charge is 0.124 e. The van der Waals surface area contributed by atoms with E-state index in [9.17, 15) is 10.2 Å². The third-order valence-corrected chi connectivity index (χ3v) is 4.98. The van der Waals surface area contributed by atoms with Gasteiger partial charge < -0.3 is 19.8 Å². The van der Waals surface area contributed by atoms with Crippen molar-refractivity contribution in [3.63, 3.8) is 0 Å². The van der Waals surface area contributed by atoms with Crippen molar-refractivity contribution in [1.29, 1.82) is 0 Å². The number of hydrogen-bond donors (Lipinski definition) is 2.